The summed E-state index contributed by atoms with van der Waals surface area (Å²) in [5.74, 6) is 0.0901. The Balaban J connectivity index is 2.25. The fraction of sp³-hybridized carbons (Fsp3) is 0.0625. The molecule has 3 rings (SSSR count). The van der Waals surface area contributed by atoms with Crippen molar-refractivity contribution in [2.75, 3.05) is 7.11 Å². The Labute approximate surface area is 152 Å². The molecule has 2 aromatic carbocycles. The zero-order chi connectivity index (χ0) is 17.3. The van der Waals surface area contributed by atoms with Crippen molar-refractivity contribution in [3.63, 3.8) is 0 Å². The van der Waals surface area contributed by atoms with E-state index in [1.54, 1.807) is 16.4 Å². The molecule has 0 bridgehead atoms. The van der Waals surface area contributed by atoms with Gasteiger partial charge in [0.1, 0.15) is 14.5 Å². The van der Waals surface area contributed by atoms with Crippen molar-refractivity contribution in [3.05, 3.63) is 52.4 Å². The molecule has 0 aliphatic heterocycles. The van der Waals surface area contributed by atoms with Crippen molar-refractivity contribution in [1.29, 1.82) is 0 Å². The molecule has 0 saturated heterocycles. The standard InChI is InChI=1S/C16H12O4S4/c1-20-12-8-7-11(9-13(12)24(17,18)19)14-15(22-23-16(14)21)10-5-3-2-4-6-10/h2-9H,1H3,(H,17,18,19). The fourth-order valence-corrected chi connectivity index (χ4v) is 5.92. The lowest BCUT2D eigenvalue weighted by Gasteiger charge is -2.09. The fourth-order valence-electron chi connectivity index (χ4n) is 2.32. The molecular weight excluding hydrogens is 384 g/mol. The van der Waals surface area contributed by atoms with Crippen LogP contribution >= 0.6 is 32.9 Å². The number of methoxy groups -OCH3 is 1. The Morgan fingerprint density at radius 3 is 2.38 bits per heavy atom. The summed E-state index contributed by atoms with van der Waals surface area (Å²) in [6, 6.07) is 14.4. The van der Waals surface area contributed by atoms with Crippen LogP contribution in [-0.2, 0) is 10.1 Å². The zero-order valence-corrected chi connectivity index (χ0v) is 15.7. The molecule has 3 aromatic rings. The van der Waals surface area contributed by atoms with Crippen molar-refractivity contribution >= 4 is 43.0 Å². The number of hydrogen-bond acceptors (Lipinski definition) is 6. The molecule has 0 aliphatic carbocycles. The SMILES string of the molecule is COc1ccc(-c2c(-c3ccccc3)ssc2=S)cc1S(=O)(=O)O. The van der Waals surface area contributed by atoms with E-state index < -0.39 is 10.1 Å². The summed E-state index contributed by atoms with van der Waals surface area (Å²) in [6.45, 7) is 0. The quantitative estimate of drug-likeness (QED) is 0.376. The van der Waals surface area contributed by atoms with Crippen molar-refractivity contribution in [3.8, 4) is 27.3 Å². The van der Waals surface area contributed by atoms with E-state index >= 15 is 0 Å². The van der Waals surface area contributed by atoms with Crippen molar-refractivity contribution in [1.82, 2.24) is 0 Å². The second-order valence-corrected chi connectivity index (χ2v) is 9.07. The minimum absolute atomic E-state index is 0.0901. The highest BCUT2D eigenvalue weighted by Gasteiger charge is 2.20. The van der Waals surface area contributed by atoms with Gasteiger partial charge < -0.3 is 4.74 Å². The number of benzene rings is 2. The van der Waals surface area contributed by atoms with E-state index in [-0.39, 0.29) is 10.6 Å². The highest BCUT2D eigenvalue weighted by Crippen LogP contribution is 2.42. The van der Waals surface area contributed by atoms with Crippen LogP contribution in [0.3, 0.4) is 0 Å². The molecule has 0 amide bonds. The molecule has 1 N–H and O–H groups in total. The van der Waals surface area contributed by atoms with Crippen LogP contribution in [0.5, 0.6) is 5.75 Å². The molecule has 0 spiro atoms. The van der Waals surface area contributed by atoms with E-state index in [2.05, 4.69) is 0 Å². The second kappa shape index (κ2) is 6.73. The molecule has 24 heavy (non-hydrogen) atoms. The Kier molecular flexibility index (Phi) is 4.84. The maximum atomic E-state index is 11.6. The van der Waals surface area contributed by atoms with Gasteiger partial charge in [0.05, 0.1) is 12.0 Å². The number of ether oxygens (including phenoxy) is 1. The van der Waals surface area contributed by atoms with Crippen LogP contribution < -0.4 is 4.74 Å². The van der Waals surface area contributed by atoms with E-state index in [4.69, 9.17) is 17.0 Å². The molecule has 0 fully saturated rings. The molecule has 0 saturated carbocycles. The molecule has 0 aliphatic rings. The monoisotopic (exact) mass is 396 g/mol. The topological polar surface area (TPSA) is 63.6 Å². The highest BCUT2D eigenvalue weighted by molar-refractivity contribution is 7.86. The van der Waals surface area contributed by atoms with Gasteiger partial charge in [-0.3, -0.25) is 4.55 Å². The summed E-state index contributed by atoms with van der Waals surface area (Å²) in [5.41, 5.74) is 2.43. The van der Waals surface area contributed by atoms with Gasteiger partial charge >= 0.3 is 0 Å². The van der Waals surface area contributed by atoms with Gasteiger partial charge in [-0.25, -0.2) is 0 Å². The smallest absolute Gasteiger partial charge is 0.298 e. The van der Waals surface area contributed by atoms with E-state index in [1.165, 1.54) is 29.6 Å². The van der Waals surface area contributed by atoms with Crippen LogP contribution in [0.4, 0.5) is 0 Å². The zero-order valence-electron chi connectivity index (χ0n) is 12.4. The second-order valence-electron chi connectivity index (χ2n) is 4.86. The van der Waals surface area contributed by atoms with Crippen LogP contribution in [0.15, 0.2) is 53.4 Å². The predicted molar refractivity (Wildman–Crippen MR) is 100 cm³/mol. The van der Waals surface area contributed by atoms with Gasteiger partial charge in [-0.2, -0.15) is 8.42 Å². The molecular formula is C16H12O4S4. The maximum Gasteiger partial charge on any atom is 0.298 e. The van der Waals surface area contributed by atoms with Crippen molar-refractivity contribution in [2.24, 2.45) is 0 Å². The summed E-state index contributed by atoms with van der Waals surface area (Å²) < 4.78 is 38.4. The average molecular weight is 397 g/mol. The van der Waals surface area contributed by atoms with E-state index in [0.29, 0.717) is 9.39 Å². The molecule has 0 unspecified atom stereocenters. The van der Waals surface area contributed by atoms with Crippen LogP contribution in [0, 0.1) is 3.82 Å². The molecule has 0 atom stereocenters. The Bertz CT molecular complexity index is 1030. The average Bonchev–Trinajstić information content (AvgIpc) is 2.96. The third-order valence-corrected chi connectivity index (χ3v) is 7.34. The molecule has 1 aromatic heterocycles. The Morgan fingerprint density at radius 1 is 1.04 bits per heavy atom. The van der Waals surface area contributed by atoms with E-state index in [1.807, 2.05) is 30.3 Å². The third-order valence-electron chi connectivity index (χ3n) is 3.40. The van der Waals surface area contributed by atoms with Gasteiger partial charge in [0.2, 0.25) is 0 Å². The molecule has 124 valence electrons. The molecule has 0 radical (unpaired) electrons. The van der Waals surface area contributed by atoms with Gasteiger partial charge in [0, 0.05) is 5.56 Å². The first kappa shape index (κ1) is 17.2. The summed E-state index contributed by atoms with van der Waals surface area (Å²) >= 11 is 5.44. The molecule has 8 heteroatoms. The lowest BCUT2D eigenvalue weighted by atomic mass is 10.0. The van der Waals surface area contributed by atoms with Crippen LogP contribution in [0.2, 0.25) is 0 Å². The largest absolute Gasteiger partial charge is 0.495 e. The highest BCUT2D eigenvalue weighted by atomic mass is 32.9. The predicted octanol–water partition coefficient (Wildman–Crippen LogP) is 5.13. The summed E-state index contributed by atoms with van der Waals surface area (Å²) in [4.78, 5) is 0.698. The summed E-state index contributed by atoms with van der Waals surface area (Å²) in [5, 5.41) is 0. The maximum absolute atomic E-state index is 11.6. The van der Waals surface area contributed by atoms with E-state index in [9.17, 15) is 13.0 Å². The summed E-state index contributed by atoms with van der Waals surface area (Å²) in [7, 11) is -0.0513. The number of rotatable bonds is 4. The first-order valence-electron chi connectivity index (χ1n) is 6.76. The van der Waals surface area contributed by atoms with E-state index in [0.717, 1.165) is 16.0 Å². The molecule has 1 heterocycles. The van der Waals surface area contributed by atoms with Crippen LogP contribution in [0.1, 0.15) is 0 Å². The third kappa shape index (κ3) is 3.28. The van der Waals surface area contributed by atoms with Gasteiger partial charge in [-0.15, -0.1) is 0 Å². The minimum Gasteiger partial charge on any atom is -0.495 e. The lowest BCUT2D eigenvalue weighted by molar-refractivity contribution is 0.397. The van der Waals surface area contributed by atoms with Gasteiger partial charge in [-0.1, -0.05) is 69.3 Å². The first-order valence-corrected chi connectivity index (χ1v) is 10.8. The Morgan fingerprint density at radius 2 is 1.75 bits per heavy atom. The van der Waals surface area contributed by atoms with Crippen LogP contribution in [-0.4, -0.2) is 20.1 Å². The van der Waals surface area contributed by atoms with Gasteiger partial charge in [-0.05, 0) is 23.3 Å². The van der Waals surface area contributed by atoms with Crippen molar-refractivity contribution < 1.29 is 17.7 Å². The minimum atomic E-state index is -4.40. The Hall–Kier alpha value is -1.58. The lowest BCUT2D eigenvalue weighted by Crippen LogP contribution is -2.01. The summed E-state index contributed by atoms with van der Waals surface area (Å²) in [6.07, 6.45) is 0. The first-order chi connectivity index (χ1) is 11.4. The normalized spacial score (nSPS) is 11.4. The molecule has 4 nitrogen and oxygen atoms in total. The van der Waals surface area contributed by atoms with Crippen LogP contribution in [0.25, 0.3) is 21.6 Å². The van der Waals surface area contributed by atoms with Gasteiger partial charge in [0.15, 0.2) is 0 Å². The van der Waals surface area contributed by atoms with Gasteiger partial charge in [0.25, 0.3) is 10.1 Å². The van der Waals surface area contributed by atoms with Crippen molar-refractivity contribution in [2.45, 2.75) is 4.90 Å². The number of hydrogen-bond donors (Lipinski definition) is 1.